The molecule has 3 nitrogen and oxygen atoms in total. The third kappa shape index (κ3) is 4.57. The molecule has 0 amide bonds. The van der Waals surface area contributed by atoms with Gasteiger partial charge < -0.3 is 14.9 Å². The van der Waals surface area contributed by atoms with Crippen LogP contribution in [0.3, 0.4) is 0 Å². The van der Waals surface area contributed by atoms with Gasteiger partial charge in [0.1, 0.15) is 5.60 Å². The van der Waals surface area contributed by atoms with Crippen LogP contribution in [-0.2, 0) is 5.60 Å². The molecule has 0 saturated carbocycles. The molecule has 1 N–H and O–H groups in total. The topological polar surface area (TPSA) is 26.7 Å². The summed E-state index contributed by atoms with van der Waals surface area (Å²) in [4.78, 5) is 4.51. The molecule has 216 valence electrons. The lowest BCUT2D eigenvalue weighted by molar-refractivity contribution is -0.0218. The molecule has 0 fully saturated rings. The Balaban J connectivity index is 1.41. The Morgan fingerprint density at radius 3 is 0.977 bits per heavy atom. The Morgan fingerprint density at radius 1 is 0.409 bits per heavy atom. The van der Waals surface area contributed by atoms with E-state index in [4.69, 9.17) is 0 Å². The lowest BCUT2D eigenvalue weighted by Gasteiger charge is -2.40. The first kappa shape index (κ1) is 27.7. The molecule has 7 rings (SSSR count). The first-order chi connectivity index (χ1) is 21.4. The highest BCUT2D eigenvalue weighted by Crippen LogP contribution is 2.57. The molecule has 44 heavy (non-hydrogen) atoms. The zero-order valence-corrected chi connectivity index (χ0v) is 25.4. The highest BCUT2D eigenvalue weighted by Gasteiger charge is 2.50. The van der Waals surface area contributed by atoms with E-state index in [0.717, 1.165) is 56.4 Å². The van der Waals surface area contributed by atoms with Crippen molar-refractivity contribution < 1.29 is 5.11 Å². The summed E-state index contributed by atoms with van der Waals surface area (Å²) in [5, 5.41) is 13.0. The Labute approximate surface area is 260 Å². The normalized spacial score (nSPS) is 13.2. The zero-order valence-electron chi connectivity index (χ0n) is 25.4. The molecule has 6 aromatic carbocycles. The smallest absolute Gasteiger partial charge is 0.121 e. The van der Waals surface area contributed by atoms with Crippen molar-refractivity contribution in [2.24, 2.45) is 5.41 Å². The van der Waals surface area contributed by atoms with Gasteiger partial charge in [-0.15, -0.1) is 0 Å². The van der Waals surface area contributed by atoms with Gasteiger partial charge in [-0.05, 0) is 100 Å². The maximum Gasteiger partial charge on any atom is 0.121 e. The standard InChI is InChI=1S/C41H36N2O/c1-40(2,3)41(44)38-28-34(42(30-16-8-4-9-17-30)31-18-10-5-11-19-31)24-26-36(38)37-27-25-35(29-39(37)41)43(32-20-12-6-13-21-32)33-22-14-7-15-23-33/h4-29,44H,1-3H3. The summed E-state index contributed by atoms with van der Waals surface area (Å²) in [5.41, 5.74) is 8.57. The van der Waals surface area contributed by atoms with Crippen LogP contribution in [0, 0.1) is 5.41 Å². The van der Waals surface area contributed by atoms with Gasteiger partial charge >= 0.3 is 0 Å². The number of aliphatic hydroxyl groups is 1. The van der Waals surface area contributed by atoms with E-state index in [2.05, 4.69) is 164 Å². The van der Waals surface area contributed by atoms with Crippen molar-refractivity contribution >= 4 is 34.1 Å². The second-order valence-electron chi connectivity index (χ2n) is 12.4. The van der Waals surface area contributed by atoms with Gasteiger partial charge in [0.2, 0.25) is 0 Å². The second-order valence-corrected chi connectivity index (χ2v) is 12.4. The number of hydrogen-bond donors (Lipinski definition) is 1. The van der Waals surface area contributed by atoms with E-state index in [9.17, 15) is 5.11 Å². The van der Waals surface area contributed by atoms with Gasteiger partial charge in [-0.25, -0.2) is 0 Å². The first-order valence-electron chi connectivity index (χ1n) is 15.2. The Bertz CT molecular complexity index is 1680. The molecular formula is C41H36N2O. The minimum Gasteiger partial charge on any atom is -0.380 e. The molecule has 3 heteroatoms. The maximum atomic E-state index is 13.0. The van der Waals surface area contributed by atoms with Gasteiger partial charge in [0.05, 0.1) is 0 Å². The molecule has 0 atom stereocenters. The van der Waals surface area contributed by atoms with E-state index in [1.807, 2.05) is 24.3 Å². The fourth-order valence-electron chi connectivity index (χ4n) is 6.57. The minimum atomic E-state index is -1.22. The molecule has 6 aromatic rings. The number of nitrogens with zero attached hydrogens (tertiary/aromatic N) is 2. The molecule has 0 spiro atoms. The van der Waals surface area contributed by atoms with Gasteiger partial charge in [0, 0.05) is 34.1 Å². The van der Waals surface area contributed by atoms with Crippen LogP contribution in [0.25, 0.3) is 11.1 Å². The monoisotopic (exact) mass is 572 g/mol. The second kappa shape index (κ2) is 10.9. The van der Waals surface area contributed by atoms with E-state index in [-0.39, 0.29) is 0 Å². The highest BCUT2D eigenvalue weighted by molar-refractivity contribution is 5.88. The quantitative estimate of drug-likeness (QED) is 0.215. The van der Waals surface area contributed by atoms with Crippen LogP contribution in [0.2, 0.25) is 0 Å². The number of rotatable bonds is 6. The van der Waals surface area contributed by atoms with E-state index in [1.54, 1.807) is 0 Å². The molecule has 1 aliphatic rings. The lowest BCUT2D eigenvalue weighted by atomic mass is 9.70. The van der Waals surface area contributed by atoms with Crippen molar-refractivity contribution in [2.75, 3.05) is 9.80 Å². The summed E-state index contributed by atoms with van der Waals surface area (Å²) in [6.07, 6.45) is 0. The zero-order chi connectivity index (χ0) is 30.3. The lowest BCUT2D eigenvalue weighted by Crippen LogP contribution is -2.39. The summed E-state index contributed by atoms with van der Waals surface area (Å²) < 4.78 is 0. The SMILES string of the molecule is CC(C)(C)C1(O)c2cc(N(c3ccccc3)c3ccccc3)ccc2-c2ccc(N(c3ccccc3)c3ccccc3)cc21. The van der Waals surface area contributed by atoms with Crippen LogP contribution in [0.4, 0.5) is 34.1 Å². The van der Waals surface area contributed by atoms with Crippen LogP contribution in [0.1, 0.15) is 31.9 Å². The van der Waals surface area contributed by atoms with Crippen LogP contribution in [-0.4, -0.2) is 5.11 Å². The van der Waals surface area contributed by atoms with Crippen LogP contribution in [0.5, 0.6) is 0 Å². The average Bonchev–Trinajstić information content (AvgIpc) is 3.32. The minimum absolute atomic E-state index is 0.487. The summed E-state index contributed by atoms with van der Waals surface area (Å²) in [7, 11) is 0. The third-order valence-electron chi connectivity index (χ3n) is 8.74. The van der Waals surface area contributed by atoms with E-state index < -0.39 is 11.0 Å². The summed E-state index contributed by atoms with van der Waals surface area (Å²) in [6, 6.07) is 54.7. The molecule has 0 aromatic heterocycles. The van der Waals surface area contributed by atoms with Crippen molar-refractivity contribution in [3.05, 3.63) is 169 Å². The van der Waals surface area contributed by atoms with Crippen LogP contribution >= 0.6 is 0 Å². The molecule has 0 bridgehead atoms. The van der Waals surface area contributed by atoms with E-state index in [0.29, 0.717) is 0 Å². The molecule has 0 radical (unpaired) electrons. The van der Waals surface area contributed by atoms with Gasteiger partial charge in [0.15, 0.2) is 0 Å². The van der Waals surface area contributed by atoms with Gasteiger partial charge in [0.25, 0.3) is 0 Å². The van der Waals surface area contributed by atoms with Gasteiger partial charge in [-0.3, -0.25) is 0 Å². The van der Waals surface area contributed by atoms with Gasteiger partial charge in [-0.1, -0.05) is 106 Å². The van der Waals surface area contributed by atoms with Crippen molar-refractivity contribution in [1.82, 2.24) is 0 Å². The molecule has 0 saturated heterocycles. The molecule has 0 heterocycles. The number of fused-ring (bicyclic) bond motifs is 3. The van der Waals surface area contributed by atoms with Crippen LogP contribution in [0.15, 0.2) is 158 Å². The molecule has 0 aliphatic heterocycles. The Morgan fingerprint density at radius 2 is 0.705 bits per heavy atom. The molecular weight excluding hydrogens is 536 g/mol. The Kier molecular flexibility index (Phi) is 6.84. The van der Waals surface area contributed by atoms with Crippen molar-refractivity contribution in [2.45, 2.75) is 26.4 Å². The maximum absolute atomic E-state index is 13.0. The fourth-order valence-corrected chi connectivity index (χ4v) is 6.57. The number of para-hydroxylation sites is 4. The first-order valence-corrected chi connectivity index (χ1v) is 15.2. The molecule has 1 aliphatic carbocycles. The molecule has 0 unspecified atom stereocenters. The van der Waals surface area contributed by atoms with Crippen LogP contribution < -0.4 is 9.80 Å². The van der Waals surface area contributed by atoms with Crippen molar-refractivity contribution in [3.63, 3.8) is 0 Å². The predicted octanol–water partition coefficient (Wildman–Crippen LogP) is 10.9. The summed E-state index contributed by atoms with van der Waals surface area (Å²) >= 11 is 0. The number of anilines is 6. The predicted molar refractivity (Wildman–Crippen MR) is 184 cm³/mol. The average molecular weight is 573 g/mol. The third-order valence-corrected chi connectivity index (χ3v) is 8.74. The summed E-state index contributed by atoms with van der Waals surface area (Å²) in [5.74, 6) is 0. The largest absolute Gasteiger partial charge is 0.380 e. The van der Waals surface area contributed by atoms with Crippen molar-refractivity contribution in [1.29, 1.82) is 0 Å². The Hall–Kier alpha value is -5.12. The number of hydrogen-bond acceptors (Lipinski definition) is 3. The van der Waals surface area contributed by atoms with Gasteiger partial charge in [-0.2, -0.15) is 0 Å². The van der Waals surface area contributed by atoms with E-state index in [1.165, 1.54) is 0 Å². The van der Waals surface area contributed by atoms with Crippen molar-refractivity contribution in [3.8, 4) is 11.1 Å². The van der Waals surface area contributed by atoms with E-state index >= 15 is 0 Å². The highest BCUT2D eigenvalue weighted by atomic mass is 16.3. The fraction of sp³-hybridized carbons (Fsp3) is 0.122. The number of benzene rings is 6. The summed E-state index contributed by atoms with van der Waals surface area (Å²) in [6.45, 7) is 6.39.